The molecule has 0 unspecified atom stereocenters. The molecule has 10 heteroatoms. The minimum absolute atomic E-state index is 0.0603. The van der Waals surface area contributed by atoms with E-state index in [1.807, 2.05) is 0 Å². The number of nitrogens with one attached hydrogen (secondary N) is 2. The Morgan fingerprint density at radius 2 is 1.73 bits per heavy atom. The van der Waals surface area contributed by atoms with Crippen LogP contribution in [0.15, 0.2) is 64.3 Å². The van der Waals surface area contributed by atoms with Crippen LogP contribution in [0.3, 0.4) is 0 Å². The van der Waals surface area contributed by atoms with Crippen LogP contribution in [0.25, 0.3) is 10.8 Å². The zero-order chi connectivity index (χ0) is 23.6. The third-order valence-electron chi connectivity index (χ3n) is 5.45. The van der Waals surface area contributed by atoms with Gasteiger partial charge in [0, 0.05) is 24.2 Å². The Hall–Kier alpha value is -3.50. The van der Waals surface area contributed by atoms with E-state index in [-0.39, 0.29) is 10.6 Å². The topological polar surface area (TPSA) is 126 Å². The number of hydrogen-bond donors (Lipinski definition) is 2. The number of rotatable bonds is 6. The van der Waals surface area contributed by atoms with Gasteiger partial charge in [-0.25, -0.2) is 13.2 Å². The summed E-state index contributed by atoms with van der Waals surface area (Å²) in [4.78, 5) is 39.7. The number of carbonyl (C=O) groups is 2. The van der Waals surface area contributed by atoms with Gasteiger partial charge in [0.2, 0.25) is 10.0 Å². The third-order valence-corrected chi connectivity index (χ3v) is 7.36. The van der Waals surface area contributed by atoms with E-state index in [1.54, 1.807) is 24.3 Å². The predicted octanol–water partition coefficient (Wildman–Crippen LogP) is 2.50. The predicted molar refractivity (Wildman–Crippen MR) is 123 cm³/mol. The fourth-order valence-corrected chi connectivity index (χ4v) is 5.15. The fourth-order valence-electron chi connectivity index (χ4n) is 3.63. The monoisotopic (exact) mass is 469 g/mol. The van der Waals surface area contributed by atoms with Gasteiger partial charge in [0.25, 0.3) is 11.5 Å². The number of sulfonamides is 1. The van der Waals surface area contributed by atoms with Crippen LogP contribution in [-0.2, 0) is 19.6 Å². The lowest BCUT2D eigenvalue weighted by atomic mass is 10.1. The molecule has 3 aromatic rings. The Morgan fingerprint density at radius 1 is 1.06 bits per heavy atom. The first-order valence-corrected chi connectivity index (χ1v) is 11.9. The highest BCUT2D eigenvalue weighted by Crippen LogP contribution is 2.22. The Balaban J connectivity index is 1.40. The normalized spacial score (nSPS) is 15.3. The highest BCUT2D eigenvalue weighted by Gasteiger charge is 2.27. The summed E-state index contributed by atoms with van der Waals surface area (Å²) in [6.07, 6.45) is 0.536. The van der Waals surface area contributed by atoms with E-state index in [0.29, 0.717) is 29.5 Å². The van der Waals surface area contributed by atoms with Gasteiger partial charge in [-0.15, -0.1) is 0 Å². The molecule has 33 heavy (non-hydrogen) atoms. The lowest BCUT2D eigenvalue weighted by molar-refractivity contribution is -0.123. The van der Waals surface area contributed by atoms with Gasteiger partial charge in [-0.1, -0.05) is 18.2 Å². The van der Waals surface area contributed by atoms with Crippen molar-refractivity contribution in [1.29, 1.82) is 0 Å². The summed E-state index contributed by atoms with van der Waals surface area (Å²) < 4.78 is 31.8. The molecule has 1 aliphatic rings. The number of amides is 1. The van der Waals surface area contributed by atoms with Crippen molar-refractivity contribution in [3.8, 4) is 0 Å². The first kappa shape index (κ1) is 22.7. The second-order valence-corrected chi connectivity index (χ2v) is 9.71. The van der Waals surface area contributed by atoms with Crippen LogP contribution >= 0.6 is 0 Å². The molecule has 0 aliphatic carbocycles. The number of pyridine rings is 1. The number of ether oxygens (including phenoxy) is 1. The molecule has 2 heterocycles. The van der Waals surface area contributed by atoms with Crippen LogP contribution in [0.2, 0.25) is 0 Å². The van der Waals surface area contributed by atoms with E-state index in [4.69, 9.17) is 4.74 Å². The Kier molecular flexibility index (Phi) is 6.30. The molecule has 1 amide bonds. The molecule has 1 aliphatic heterocycles. The van der Waals surface area contributed by atoms with Crippen molar-refractivity contribution in [3.05, 3.63) is 70.6 Å². The summed E-state index contributed by atoms with van der Waals surface area (Å²) in [6, 6.07) is 14.1. The molecular weight excluding hydrogens is 446 g/mol. The van der Waals surface area contributed by atoms with Gasteiger partial charge < -0.3 is 15.0 Å². The summed E-state index contributed by atoms with van der Waals surface area (Å²) in [7, 11) is -3.54. The van der Waals surface area contributed by atoms with Crippen LogP contribution in [0.4, 0.5) is 5.69 Å². The van der Waals surface area contributed by atoms with Crippen molar-refractivity contribution < 1.29 is 22.7 Å². The number of aromatic amines is 1. The van der Waals surface area contributed by atoms with Gasteiger partial charge in [-0.05, 0) is 61.5 Å². The Bertz CT molecular complexity index is 1360. The van der Waals surface area contributed by atoms with Crippen LogP contribution in [0, 0.1) is 0 Å². The lowest BCUT2D eigenvalue weighted by Gasteiger charge is -2.16. The molecule has 2 aromatic carbocycles. The van der Waals surface area contributed by atoms with Crippen molar-refractivity contribution in [1.82, 2.24) is 9.29 Å². The van der Waals surface area contributed by atoms with Crippen LogP contribution in [0.1, 0.15) is 30.3 Å². The number of aromatic nitrogens is 1. The SMILES string of the molecule is C[C@H](OC(=O)c1cc2ccccc2c(=O)[nH]1)C(=O)Nc1ccc(S(=O)(=O)N2CCCC2)cc1. The van der Waals surface area contributed by atoms with E-state index in [0.717, 1.165) is 12.8 Å². The summed E-state index contributed by atoms with van der Waals surface area (Å²) in [5.74, 6) is -1.44. The highest BCUT2D eigenvalue weighted by atomic mass is 32.2. The summed E-state index contributed by atoms with van der Waals surface area (Å²) in [5.41, 5.74) is -0.127. The first-order chi connectivity index (χ1) is 15.8. The average Bonchev–Trinajstić information content (AvgIpc) is 3.35. The Morgan fingerprint density at radius 3 is 2.42 bits per heavy atom. The number of carbonyl (C=O) groups excluding carboxylic acids is 2. The molecule has 0 bridgehead atoms. The van der Waals surface area contributed by atoms with Crippen molar-refractivity contribution in [2.24, 2.45) is 0 Å². The summed E-state index contributed by atoms with van der Waals surface area (Å²) >= 11 is 0. The quantitative estimate of drug-likeness (QED) is 0.534. The first-order valence-electron chi connectivity index (χ1n) is 10.5. The number of esters is 1. The van der Waals surface area contributed by atoms with Crippen LogP contribution in [-0.4, -0.2) is 48.8 Å². The zero-order valence-corrected chi connectivity index (χ0v) is 18.7. The van der Waals surface area contributed by atoms with Crippen LogP contribution < -0.4 is 10.9 Å². The van der Waals surface area contributed by atoms with Gasteiger partial charge in [0.15, 0.2) is 6.10 Å². The molecule has 1 saturated heterocycles. The van der Waals surface area contributed by atoms with Crippen molar-refractivity contribution >= 4 is 38.4 Å². The molecule has 9 nitrogen and oxygen atoms in total. The maximum absolute atomic E-state index is 12.6. The third kappa shape index (κ3) is 4.81. The van der Waals surface area contributed by atoms with Gasteiger partial charge in [-0.3, -0.25) is 9.59 Å². The molecule has 4 rings (SSSR count). The number of anilines is 1. The number of hydrogen-bond acceptors (Lipinski definition) is 6. The maximum Gasteiger partial charge on any atom is 0.355 e. The molecule has 1 aromatic heterocycles. The fraction of sp³-hybridized carbons (Fsp3) is 0.261. The standard InChI is InChI=1S/C23H23N3O6S/c1-15(32-23(29)20-14-16-6-2-3-7-19(16)22(28)25-20)21(27)24-17-8-10-18(11-9-17)33(30,31)26-12-4-5-13-26/h2-3,6-11,14-15H,4-5,12-13H2,1H3,(H,24,27)(H,25,28)/t15-/m0/s1. The largest absolute Gasteiger partial charge is 0.448 e. The van der Waals surface area contributed by atoms with E-state index in [1.165, 1.54) is 41.6 Å². The van der Waals surface area contributed by atoms with E-state index >= 15 is 0 Å². The molecule has 0 spiro atoms. The smallest absolute Gasteiger partial charge is 0.355 e. The maximum atomic E-state index is 12.6. The van der Waals surface area contributed by atoms with Gasteiger partial charge >= 0.3 is 5.97 Å². The summed E-state index contributed by atoms with van der Waals surface area (Å²) in [6.45, 7) is 2.41. The lowest BCUT2D eigenvalue weighted by Crippen LogP contribution is -2.31. The molecule has 1 atom stereocenters. The zero-order valence-electron chi connectivity index (χ0n) is 17.9. The van der Waals surface area contributed by atoms with E-state index < -0.39 is 33.6 Å². The molecule has 2 N–H and O–H groups in total. The molecular formula is C23H23N3O6S. The van der Waals surface area contributed by atoms with Gasteiger partial charge in [0.05, 0.1) is 4.90 Å². The number of H-pyrrole nitrogens is 1. The van der Waals surface area contributed by atoms with E-state index in [9.17, 15) is 22.8 Å². The van der Waals surface area contributed by atoms with Crippen LogP contribution in [0.5, 0.6) is 0 Å². The summed E-state index contributed by atoms with van der Waals surface area (Å²) in [5, 5.41) is 3.61. The molecule has 172 valence electrons. The highest BCUT2D eigenvalue weighted by molar-refractivity contribution is 7.89. The molecule has 1 fully saturated rings. The van der Waals surface area contributed by atoms with E-state index in [2.05, 4.69) is 10.3 Å². The number of nitrogens with zero attached hydrogens (tertiary/aromatic N) is 1. The Labute approximate surface area is 190 Å². The molecule has 0 saturated carbocycles. The minimum Gasteiger partial charge on any atom is -0.448 e. The number of benzene rings is 2. The van der Waals surface area contributed by atoms with Crippen molar-refractivity contribution in [2.75, 3.05) is 18.4 Å². The van der Waals surface area contributed by atoms with Gasteiger partial charge in [0.1, 0.15) is 5.69 Å². The van der Waals surface area contributed by atoms with Crippen molar-refractivity contribution in [2.45, 2.75) is 30.8 Å². The van der Waals surface area contributed by atoms with Crippen molar-refractivity contribution in [3.63, 3.8) is 0 Å². The average molecular weight is 470 g/mol. The second-order valence-electron chi connectivity index (χ2n) is 7.77. The number of fused-ring (bicyclic) bond motifs is 1. The second kappa shape index (κ2) is 9.16. The van der Waals surface area contributed by atoms with Gasteiger partial charge in [-0.2, -0.15) is 4.31 Å². The molecule has 0 radical (unpaired) electrons. The minimum atomic E-state index is -3.54.